The number of hydrogen-bond acceptors (Lipinski definition) is 6. The van der Waals surface area contributed by atoms with Gasteiger partial charge in [-0.2, -0.15) is 0 Å². The fraction of sp³-hybridized carbons (Fsp3) is 0.474. The van der Waals surface area contributed by atoms with Crippen molar-refractivity contribution in [3.8, 4) is 17.0 Å². The fourth-order valence-electron chi connectivity index (χ4n) is 3.28. The van der Waals surface area contributed by atoms with Crippen molar-refractivity contribution in [1.29, 1.82) is 0 Å². The molecule has 1 amide bonds. The maximum Gasteiger partial charge on any atom is 0.234 e. The van der Waals surface area contributed by atoms with E-state index in [1.54, 1.807) is 18.4 Å². The number of hydrazine groups is 1. The van der Waals surface area contributed by atoms with E-state index in [1.165, 1.54) is 32.1 Å². The molecule has 0 atom stereocenters. The summed E-state index contributed by atoms with van der Waals surface area (Å²) in [5, 5.41) is 4.53. The molecule has 26 heavy (non-hydrogen) atoms. The molecule has 0 aliphatic heterocycles. The van der Waals surface area contributed by atoms with Crippen LogP contribution in [0.15, 0.2) is 24.3 Å². The second-order valence-corrected chi connectivity index (χ2v) is 7.65. The summed E-state index contributed by atoms with van der Waals surface area (Å²) in [5.74, 6) is 5.86. The molecule has 0 unspecified atom stereocenters. The molecular weight excluding hydrogens is 348 g/mol. The Morgan fingerprint density at radius 1 is 1.27 bits per heavy atom. The van der Waals surface area contributed by atoms with Gasteiger partial charge in [0.1, 0.15) is 5.75 Å². The lowest BCUT2D eigenvalue weighted by Gasteiger charge is -2.22. The number of aryl methyl sites for hydroxylation is 1. The maximum atomic E-state index is 11.6. The number of hydrogen-bond donors (Lipinski definition) is 3. The monoisotopic (exact) mass is 374 g/mol. The Morgan fingerprint density at radius 2 is 2.00 bits per heavy atom. The number of methoxy groups -OCH3 is 1. The van der Waals surface area contributed by atoms with Gasteiger partial charge in [0.15, 0.2) is 5.13 Å². The number of nitrogens with zero attached hydrogens (tertiary/aromatic N) is 1. The average molecular weight is 375 g/mol. The van der Waals surface area contributed by atoms with Gasteiger partial charge in [0.25, 0.3) is 0 Å². The van der Waals surface area contributed by atoms with Gasteiger partial charge in [-0.15, -0.1) is 11.3 Å². The summed E-state index contributed by atoms with van der Waals surface area (Å²) in [5.41, 5.74) is 4.16. The summed E-state index contributed by atoms with van der Waals surface area (Å²) in [6.45, 7) is 0. The number of carbonyl (C=O) groups is 1. The van der Waals surface area contributed by atoms with Crippen LogP contribution in [-0.4, -0.2) is 24.0 Å². The highest BCUT2D eigenvalue weighted by atomic mass is 32.1. The Balaban J connectivity index is 1.82. The summed E-state index contributed by atoms with van der Waals surface area (Å²) >= 11 is 1.64. The number of benzene rings is 1. The van der Waals surface area contributed by atoms with Crippen LogP contribution in [0.5, 0.6) is 5.75 Å². The number of rotatable bonds is 7. The van der Waals surface area contributed by atoms with Gasteiger partial charge in [0.05, 0.1) is 12.8 Å². The Labute approximate surface area is 158 Å². The molecule has 140 valence electrons. The van der Waals surface area contributed by atoms with Crippen LogP contribution in [0.3, 0.4) is 0 Å². The van der Waals surface area contributed by atoms with Crippen LogP contribution in [-0.2, 0) is 11.2 Å². The third-order valence-corrected chi connectivity index (χ3v) is 5.78. The number of ether oxygens (including phenoxy) is 1. The number of carbonyl (C=O) groups excluding carboxylic acids is 1. The molecule has 1 aromatic heterocycles. The molecule has 7 heteroatoms. The minimum absolute atomic E-state index is 0.166. The van der Waals surface area contributed by atoms with Crippen molar-refractivity contribution in [2.75, 3.05) is 12.4 Å². The maximum absolute atomic E-state index is 11.6. The molecule has 1 aliphatic rings. The molecule has 6 nitrogen and oxygen atoms in total. The minimum Gasteiger partial charge on any atom is -0.497 e. The van der Waals surface area contributed by atoms with E-state index < -0.39 is 0 Å². The third kappa shape index (κ3) is 4.74. The highest BCUT2D eigenvalue weighted by molar-refractivity contribution is 7.16. The van der Waals surface area contributed by atoms with Crippen molar-refractivity contribution in [3.63, 3.8) is 0 Å². The van der Waals surface area contributed by atoms with Gasteiger partial charge in [-0.05, 0) is 43.5 Å². The van der Waals surface area contributed by atoms with Gasteiger partial charge in [-0.1, -0.05) is 19.3 Å². The second-order valence-electron chi connectivity index (χ2n) is 6.57. The molecule has 0 radical (unpaired) electrons. The molecule has 1 aromatic carbocycles. The average Bonchev–Trinajstić information content (AvgIpc) is 3.09. The first-order valence-corrected chi connectivity index (χ1v) is 9.91. The first-order chi connectivity index (χ1) is 12.7. The van der Waals surface area contributed by atoms with Gasteiger partial charge in [0.2, 0.25) is 5.91 Å². The van der Waals surface area contributed by atoms with Crippen LogP contribution < -0.4 is 21.3 Å². The zero-order valence-corrected chi connectivity index (χ0v) is 15.9. The van der Waals surface area contributed by atoms with Crippen molar-refractivity contribution in [2.24, 2.45) is 5.84 Å². The van der Waals surface area contributed by atoms with Crippen molar-refractivity contribution >= 4 is 22.4 Å². The topological polar surface area (TPSA) is 89.3 Å². The van der Waals surface area contributed by atoms with Crippen LogP contribution in [0.1, 0.15) is 43.4 Å². The van der Waals surface area contributed by atoms with Crippen LogP contribution >= 0.6 is 11.3 Å². The number of nitrogens with one attached hydrogen (secondary N) is 2. The molecule has 1 fully saturated rings. The standard InChI is InChI=1S/C19H26N4O2S/c1-25-15-9-7-13(8-10-15)18-16(11-12-17(24)23-20)26-19(22-18)21-14-5-3-2-4-6-14/h7-10,14H,2-6,11-12,20H2,1H3,(H,21,22)(H,23,24). The molecule has 2 aromatic rings. The summed E-state index contributed by atoms with van der Waals surface area (Å²) in [6.07, 6.45) is 7.24. The van der Waals surface area contributed by atoms with Crippen molar-refractivity contribution in [3.05, 3.63) is 29.1 Å². The second kappa shape index (κ2) is 9.00. The zero-order valence-electron chi connectivity index (χ0n) is 15.1. The molecule has 3 rings (SSSR count). The predicted molar refractivity (Wildman–Crippen MR) is 105 cm³/mol. The molecule has 1 aliphatic carbocycles. The Hall–Kier alpha value is -2.12. The van der Waals surface area contributed by atoms with Crippen LogP contribution in [0, 0.1) is 0 Å². The number of thiazole rings is 1. The molecule has 0 spiro atoms. The van der Waals surface area contributed by atoms with Crippen molar-refractivity contribution in [1.82, 2.24) is 10.4 Å². The van der Waals surface area contributed by atoms with Gasteiger partial charge in [0, 0.05) is 22.9 Å². The van der Waals surface area contributed by atoms with E-state index in [0.717, 1.165) is 27.0 Å². The van der Waals surface area contributed by atoms with Crippen molar-refractivity contribution in [2.45, 2.75) is 51.0 Å². The lowest BCUT2D eigenvalue weighted by molar-refractivity contribution is -0.121. The van der Waals surface area contributed by atoms with Crippen LogP contribution in [0.4, 0.5) is 5.13 Å². The summed E-state index contributed by atoms with van der Waals surface area (Å²) in [6, 6.07) is 8.37. The predicted octanol–water partition coefficient (Wildman–Crippen LogP) is 3.49. The molecule has 1 saturated carbocycles. The quantitative estimate of drug-likeness (QED) is 0.392. The molecular formula is C19H26N4O2S. The molecule has 0 bridgehead atoms. The Morgan fingerprint density at radius 3 is 2.65 bits per heavy atom. The van der Waals surface area contributed by atoms with Gasteiger partial charge in [-0.3, -0.25) is 10.2 Å². The lowest BCUT2D eigenvalue weighted by atomic mass is 9.96. The van der Waals surface area contributed by atoms with E-state index in [-0.39, 0.29) is 5.91 Å². The fourth-order valence-corrected chi connectivity index (χ4v) is 4.34. The first-order valence-electron chi connectivity index (χ1n) is 9.09. The summed E-state index contributed by atoms with van der Waals surface area (Å²) < 4.78 is 5.24. The van der Waals surface area contributed by atoms with E-state index in [9.17, 15) is 4.79 Å². The summed E-state index contributed by atoms with van der Waals surface area (Å²) in [7, 11) is 1.65. The third-order valence-electron chi connectivity index (χ3n) is 4.73. The summed E-state index contributed by atoms with van der Waals surface area (Å²) in [4.78, 5) is 17.5. The van der Waals surface area contributed by atoms with Gasteiger partial charge >= 0.3 is 0 Å². The first kappa shape index (κ1) is 18.7. The number of amides is 1. The smallest absolute Gasteiger partial charge is 0.234 e. The molecule has 0 saturated heterocycles. The number of anilines is 1. The zero-order chi connectivity index (χ0) is 18.4. The van der Waals surface area contributed by atoms with Crippen LogP contribution in [0.2, 0.25) is 0 Å². The van der Waals surface area contributed by atoms with E-state index in [1.807, 2.05) is 24.3 Å². The molecule has 4 N–H and O–H groups in total. The van der Waals surface area contributed by atoms with Crippen LogP contribution in [0.25, 0.3) is 11.3 Å². The van der Waals surface area contributed by atoms with E-state index in [2.05, 4.69) is 10.7 Å². The van der Waals surface area contributed by atoms with E-state index >= 15 is 0 Å². The largest absolute Gasteiger partial charge is 0.497 e. The lowest BCUT2D eigenvalue weighted by Crippen LogP contribution is -2.30. The SMILES string of the molecule is COc1ccc(-c2nc(NC3CCCCC3)sc2CCC(=O)NN)cc1. The molecule has 1 heterocycles. The number of nitrogens with two attached hydrogens (primary N) is 1. The van der Waals surface area contributed by atoms with E-state index in [0.29, 0.717) is 18.9 Å². The van der Waals surface area contributed by atoms with Gasteiger partial charge in [-0.25, -0.2) is 10.8 Å². The number of aromatic nitrogens is 1. The van der Waals surface area contributed by atoms with E-state index in [4.69, 9.17) is 15.6 Å². The minimum atomic E-state index is -0.166. The highest BCUT2D eigenvalue weighted by Crippen LogP contribution is 2.34. The van der Waals surface area contributed by atoms with Crippen molar-refractivity contribution < 1.29 is 9.53 Å². The highest BCUT2D eigenvalue weighted by Gasteiger charge is 2.18. The Kier molecular flexibility index (Phi) is 6.46. The van der Waals surface area contributed by atoms with Gasteiger partial charge < -0.3 is 10.1 Å². The Bertz CT molecular complexity index is 724. The normalized spacial score (nSPS) is 14.8.